The number of hydrogen-bond acceptors (Lipinski definition) is 3. The zero-order valence-corrected chi connectivity index (χ0v) is 8.41. The molecule has 4 nitrogen and oxygen atoms in total. The van der Waals surface area contributed by atoms with Crippen molar-refractivity contribution < 1.29 is 0 Å². The van der Waals surface area contributed by atoms with Gasteiger partial charge in [0.1, 0.15) is 0 Å². The predicted octanol–water partition coefficient (Wildman–Crippen LogP) is 2.08. The molecule has 1 N–H and O–H groups in total. The molecule has 2 aromatic rings. The number of tetrazole rings is 1. The zero-order valence-electron chi connectivity index (χ0n) is 7.66. The number of benzene rings is 1. The first-order valence-electron chi connectivity index (χ1n) is 4.33. The normalized spacial score (nSPS) is 10.4. The van der Waals surface area contributed by atoms with Crippen LogP contribution in [0.3, 0.4) is 0 Å². The number of rotatable bonds is 2. The Morgan fingerprint density at radius 2 is 2.29 bits per heavy atom. The zero-order chi connectivity index (χ0) is 9.97. The molecular weight excluding hydrogens is 200 g/mol. The van der Waals surface area contributed by atoms with E-state index in [2.05, 4.69) is 27.5 Å². The van der Waals surface area contributed by atoms with Crippen molar-refractivity contribution in [2.75, 3.05) is 0 Å². The second-order valence-corrected chi connectivity index (χ2v) is 3.31. The summed E-state index contributed by atoms with van der Waals surface area (Å²) in [4.78, 5) is 0. The van der Waals surface area contributed by atoms with Crippen LogP contribution in [-0.2, 0) is 6.42 Å². The molecule has 0 aliphatic carbocycles. The van der Waals surface area contributed by atoms with Gasteiger partial charge >= 0.3 is 0 Å². The van der Waals surface area contributed by atoms with Gasteiger partial charge in [0, 0.05) is 5.56 Å². The standard InChI is InChI=1S/C9H9ClN4/c1-2-6-3-4-8(10)7(5-6)9-11-13-14-12-9/h3-5H,2H2,1H3,(H,11,12,13,14). The number of aromatic nitrogens is 4. The van der Waals surface area contributed by atoms with Gasteiger partial charge in [0.2, 0.25) is 5.82 Å². The van der Waals surface area contributed by atoms with Crippen LogP contribution in [0.25, 0.3) is 11.4 Å². The first-order chi connectivity index (χ1) is 6.81. The van der Waals surface area contributed by atoms with Crippen molar-refractivity contribution in [3.8, 4) is 11.4 Å². The number of hydrogen-bond donors (Lipinski definition) is 1. The highest BCUT2D eigenvalue weighted by Gasteiger charge is 2.07. The molecule has 2 rings (SSSR count). The fraction of sp³-hybridized carbons (Fsp3) is 0.222. The van der Waals surface area contributed by atoms with Gasteiger partial charge in [-0.2, -0.15) is 5.21 Å². The summed E-state index contributed by atoms with van der Waals surface area (Å²) in [5.74, 6) is 0.533. The molecule has 0 radical (unpaired) electrons. The Kier molecular flexibility index (Phi) is 2.45. The van der Waals surface area contributed by atoms with Crippen molar-refractivity contribution in [3.05, 3.63) is 28.8 Å². The van der Waals surface area contributed by atoms with Gasteiger partial charge in [0.25, 0.3) is 0 Å². The first-order valence-corrected chi connectivity index (χ1v) is 4.71. The van der Waals surface area contributed by atoms with Gasteiger partial charge in [-0.25, -0.2) is 0 Å². The third-order valence-electron chi connectivity index (χ3n) is 2.03. The van der Waals surface area contributed by atoms with Crippen molar-refractivity contribution in [1.29, 1.82) is 0 Å². The van der Waals surface area contributed by atoms with E-state index in [0.717, 1.165) is 12.0 Å². The lowest BCUT2D eigenvalue weighted by molar-refractivity contribution is 0.881. The maximum atomic E-state index is 6.02. The molecule has 0 spiro atoms. The number of halogens is 1. The molecule has 0 unspecified atom stereocenters. The summed E-state index contributed by atoms with van der Waals surface area (Å²) in [6.45, 7) is 2.09. The summed E-state index contributed by atoms with van der Waals surface area (Å²) in [5.41, 5.74) is 2.02. The van der Waals surface area contributed by atoms with Crippen LogP contribution in [0.15, 0.2) is 18.2 Å². The average molecular weight is 209 g/mol. The molecule has 72 valence electrons. The van der Waals surface area contributed by atoms with Crippen LogP contribution >= 0.6 is 11.6 Å². The van der Waals surface area contributed by atoms with Crippen LogP contribution in [0.2, 0.25) is 5.02 Å². The average Bonchev–Trinajstić information content (AvgIpc) is 2.71. The summed E-state index contributed by atoms with van der Waals surface area (Å²) in [6, 6.07) is 5.82. The maximum absolute atomic E-state index is 6.02. The molecule has 14 heavy (non-hydrogen) atoms. The summed E-state index contributed by atoms with van der Waals surface area (Å²) < 4.78 is 0. The molecule has 1 aromatic heterocycles. The minimum atomic E-state index is 0.533. The van der Waals surface area contributed by atoms with Crippen molar-refractivity contribution in [1.82, 2.24) is 20.6 Å². The van der Waals surface area contributed by atoms with Crippen LogP contribution in [0, 0.1) is 0 Å². The SMILES string of the molecule is CCc1ccc(Cl)c(-c2nn[nH]n2)c1. The van der Waals surface area contributed by atoms with E-state index in [1.54, 1.807) is 0 Å². The number of aromatic amines is 1. The van der Waals surface area contributed by atoms with Crippen molar-refractivity contribution in [3.63, 3.8) is 0 Å². The van der Waals surface area contributed by atoms with E-state index >= 15 is 0 Å². The Bertz CT molecular complexity index is 424. The Balaban J connectivity index is 2.51. The number of H-pyrrole nitrogens is 1. The smallest absolute Gasteiger partial charge is 0.177 e. The number of aryl methyl sites for hydroxylation is 1. The largest absolute Gasteiger partial charge is 0.206 e. The molecule has 0 atom stereocenters. The monoisotopic (exact) mass is 208 g/mol. The molecule has 0 bridgehead atoms. The summed E-state index contributed by atoms with van der Waals surface area (Å²) in [5, 5.41) is 14.3. The fourth-order valence-electron chi connectivity index (χ4n) is 1.24. The first kappa shape index (κ1) is 9.15. The second-order valence-electron chi connectivity index (χ2n) is 2.90. The third-order valence-corrected chi connectivity index (χ3v) is 2.35. The van der Waals surface area contributed by atoms with Gasteiger partial charge in [-0.3, -0.25) is 0 Å². The Morgan fingerprint density at radius 1 is 1.43 bits per heavy atom. The molecule has 0 amide bonds. The van der Waals surface area contributed by atoms with E-state index in [9.17, 15) is 0 Å². The molecule has 5 heteroatoms. The minimum Gasteiger partial charge on any atom is -0.177 e. The Morgan fingerprint density at radius 3 is 2.93 bits per heavy atom. The highest BCUT2D eigenvalue weighted by molar-refractivity contribution is 6.33. The van der Waals surface area contributed by atoms with E-state index in [-0.39, 0.29) is 0 Å². The van der Waals surface area contributed by atoms with E-state index in [1.165, 1.54) is 5.56 Å². The third kappa shape index (κ3) is 1.61. The van der Waals surface area contributed by atoms with E-state index in [1.807, 2.05) is 18.2 Å². The van der Waals surface area contributed by atoms with Crippen LogP contribution in [-0.4, -0.2) is 20.6 Å². The molecule has 0 fully saturated rings. The number of nitrogens with one attached hydrogen (secondary N) is 1. The molecular formula is C9H9ClN4. The van der Waals surface area contributed by atoms with Crippen molar-refractivity contribution in [2.45, 2.75) is 13.3 Å². The van der Waals surface area contributed by atoms with Crippen LogP contribution < -0.4 is 0 Å². The van der Waals surface area contributed by atoms with Gasteiger partial charge < -0.3 is 0 Å². The lowest BCUT2D eigenvalue weighted by atomic mass is 10.1. The lowest BCUT2D eigenvalue weighted by Crippen LogP contribution is -1.86. The van der Waals surface area contributed by atoms with Crippen LogP contribution in [0.4, 0.5) is 0 Å². The molecule has 0 saturated heterocycles. The van der Waals surface area contributed by atoms with E-state index in [0.29, 0.717) is 10.8 Å². The molecule has 0 aliphatic heterocycles. The van der Waals surface area contributed by atoms with E-state index in [4.69, 9.17) is 11.6 Å². The molecule has 1 heterocycles. The number of nitrogens with zero attached hydrogens (tertiary/aromatic N) is 3. The van der Waals surface area contributed by atoms with Gasteiger partial charge in [-0.1, -0.05) is 24.6 Å². The van der Waals surface area contributed by atoms with Gasteiger partial charge in [-0.15, -0.1) is 10.2 Å². The van der Waals surface area contributed by atoms with Crippen molar-refractivity contribution >= 4 is 11.6 Å². The quantitative estimate of drug-likeness (QED) is 0.822. The highest BCUT2D eigenvalue weighted by atomic mass is 35.5. The van der Waals surface area contributed by atoms with Crippen LogP contribution in [0.5, 0.6) is 0 Å². The molecule has 0 saturated carbocycles. The minimum absolute atomic E-state index is 0.533. The fourth-order valence-corrected chi connectivity index (χ4v) is 1.44. The predicted molar refractivity (Wildman–Crippen MR) is 54.0 cm³/mol. The second kappa shape index (κ2) is 3.75. The molecule has 1 aromatic carbocycles. The van der Waals surface area contributed by atoms with Gasteiger partial charge in [0.15, 0.2) is 0 Å². The van der Waals surface area contributed by atoms with Gasteiger partial charge in [0.05, 0.1) is 5.02 Å². The maximum Gasteiger partial charge on any atom is 0.206 e. The summed E-state index contributed by atoms with van der Waals surface area (Å²) in [7, 11) is 0. The molecule has 0 aliphatic rings. The van der Waals surface area contributed by atoms with Gasteiger partial charge in [-0.05, 0) is 29.3 Å². The lowest BCUT2D eigenvalue weighted by Gasteiger charge is -2.01. The summed E-state index contributed by atoms with van der Waals surface area (Å²) >= 11 is 6.02. The van der Waals surface area contributed by atoms with E-state index < -0.39 is 0 Å². The summed E-state index contributed by atoms with van der Waals surface area (Å²) in [6.07, 6.45) is 0.960. The topological polar surface area (TPSA) is 54.5 Å². The van der Waals surface area contributed by atoms with Crippen LogP contribution in [0.1, 0.15) is 12.5 Å². The Hall–Kier alpha value is -1.42. The highest BCUT2D eigenvalue weighted by Crippen LogP contribution is 2.25. The Labute approximate surface area is 86.3 Å². The van der Waals surface area contributed by atoms with Crippen molar-refractivity contribution in [2.24, 2.45) is 0 Å².